The van der Waals surface area contributed by atoms with Crippen LogP contribution in [0.4, 0.5) is 10.8 Å². The van der Waals surface area contributed by atoms with Gasteiger partial charge in [-0.3, -0.25) is 0 Å². The van der Waals surface area contributed by atoms with Gasteiger partial charge in [-0.15, -0.1) is 0 Å². The summed E-state index contributed by atoms with van der Waals surface area (Å²) in [6.45, 7) is 1.01. The highest BCUT2D eigenvalue weighted by Crippen LogP contribution is 2.35. The number of aliphatic hydroxyl groups is 1. The first-order valence-electron chi connectivity index (χ1n) is 5.88. The maximum atomic E-state index is 12.3. The lowest BCUT2D eigenvalue weighted by Gasteiger charge is -2.23. The van der Waals surface area contributed by atoms with Crippen LogP contribution in [-0.2, 0) is 14.8 Å². The molecule has 0 atom stereocenters. The Kier molecular flexibility index (Phi) is 6.14. The van der Waals surface area contributed by atoms with Gasteiger partial charge < -0.3 is 20.5 Å². The van der Waals surface area contributed by atoms with E-state index in [0.29, 0.717) is 18.2 Å². The van der Waals surface area contributed by atoms with E-state index in [1.165, 1.54) is 14.1 Å². The molecule has 1 rings (SSSR count). The highest BCUT2D eigenvalue weighted by molar-refractivity contribution is 7.89. The lowest BCUT2D eigenvalue weighted by molar-refractivity contribution is 0.203. The van der Waals surface area contributed by atoms with Crippen LogP contribution in [0.5, 0.6) is 0 Å². The fourth-order valence-corrected chi connectivity index (χ4v) is 3.82. The maximum absolute atomic E-state index is 12.3. The smallest absolute Gasteiger partial charge is 0.249 e. The fraction of sp³-hybridized carbons (Fsp3) is 0.700. The zero-order valence-corrected chi connectivity index (χ0v) is 13.4. The number of aliphatic hydroxyl groups excluding tert-OH is 1. The first-order chi connectivity index (χ1) is 9.36. The third-order valence-electron chi connectivity index (χ3n) is 2.62. The Bertz CT molecular complexity index is 529. The number of ether oxygens (including phenoxy) is 1. The van der Waals surface area contributed by atoms with E-state index in [4.69, 9.17) is 15.6 Å². The summed E-state index contributed by atoms with van der Waals surface area (Å²) >= 11 is 0.997. The highest BCUT2D eigenvalue weighted by Gasteiger charge is 2.30. The molecule has 1 aromatic rings. The molecule has 0 aliphatic rings. The molecule has 0 saturated heterocycles. The predicted octanol–water partition coefficient (Wildman–Crippen LogP) is -0.579. The van der Waals surface area contributed by atoms with Crippen LogP contribution >= 0.6 is 11.5 Å². The Morgan fingerprint density at radius 1 is 1.40 bits per heavy atom. The lowest BCUT2D eigenvalue weighted by atomic mass is 10.4. The molecule has 0 unspecified atom stereocenters. The zero-order valence-electron chi connectivity index (χ0n) is 11.7. The molecule has 0 fully saturated rings. The SMILES string of the molecule is COCCN(CCO)c1snc(N)c1S(=O)(=O)N(C)C. The molecule has 0 aliphatic carbocycles. The second kappa shape index (κ2) is 7.18. The van der Waals surface area contributed by atoms with Crippen LogP contribution in [0.1, 0.15) is 0 Å². The van der Waals surface area contributed by atoms with Crippen LogP contribution in [0.25, 0.3) is 0 Å². The number of anilines is 2. The average Bonchev–Trinajstić information content (AvgIpc) is 2.76. The Labute approximate surface area is 123 Å². The minimum Gasteiger partial charge on any atom is -0.395 e. The van der Waals surface area contributed by atoms with E-state index in [-0.39, 0.29) is 23.9 Å². The summed E-state index contributed by atoms with van der Waals surface area (Å²) in [5.41, 5.74) is 5.70. The van der Waals surface area contributed by atoms with Crippen molar-refractivity contribution in [1.29, 1.82) is 0 Å². The molecular formula is C10H20N4O4S2. The summed E-state index contributed by atoms with van der Waals surface area (Å²) in [4.78, 5) is 1.69. The summed E-state index contributed by atoms with van der Waals surface area (Å²) < 4.78 is 34.6. The van der Waals surface area contributed by atoms with Crippen molar-refractivity contribution in [1.82, 2.24) is 8.68 Å². The molecule has 20 heavy (non-hydrogen) atoms. The van der Waals surface area contributed by atoms with E-state index in [1.807, 2.05) is 0 Å². The van der Waals surface area contributed by atoms with Crippen molar-refractivity contribution < 1.29 is 18.3 Å². The monoisotopic (exact) mass is 324 g/mol. The van der Waals surface area contributed by atoms with Gasteiger partial charge in [-0.25, -0.2) is 12.7 Å². The number of methoxy groups -OCH3 is 1. The summed E-state index contributed by atoms with van der Waals surface area (Å²) in [7, 11) is 0.725. The Hall–Kier alpha value is -0.940. The molecule has 1 aromatic heterocycles. The van der Waals surface area contributed by atoms with Gasteiger partial charge in [0, 0.05) is 34.3 Å². The zero-order chi connectivity index (χ0) is 15.3. The second-order valence-electron chi connectivity index (χ2n) is 4.19. The molecule has 0 amide bonds. The third kappa shape index (κ3) is 3.58. The third-order valence-corrected chi connectivity index (χ3v) is 5.55. The molecule has 0 spiro atoms. The van der Waals surface area contributed by atoms with E-state index in [2.05, 4.69) is 4.37 Å². The molecule has 3 N–H and O–H groups in total. The number of nitrogens with zero attached hydrogens (tertiary/aromatic N) is 3. The predicted molar refractivity (Wildman–Crippen MR) is 78.6 cm³/mol. The molecule has 0 saturated carbocycles. The van der Waals surface area contributed by atoms with Gasteiger partial charge in [0.05, 0.1) is 13.2 Å². The average molecular weight is 324 g/mol. The Morgan fingerprint density at radius 3 is 2.55 bits per heavy atom. The van der Waals surface area contributed by atoms with Crippen molar-refractivity contribution in [3.63, 3.8) is 0 Å². The normalized spacial score (nSPS) is 12.1. The molecule has 10 heteroatoms. The summed E-state index contributed by atoms with van der Waals surface area (Å²) in [6, 6.07) is 0. The number of nitrogen functional groups attached to an aromatic ring is 1. The molecule has 0 aliphatic heterocycles. The molecule has 0 radical (unpaired) electrons. The van der Waals surface area contributed by atoms with E-state index in [9.17, 15) is 8.42 Å². The molecular weight excluding hydrogens is 304 g/mol. The van der Waals surface area contributed by atoms with Crippen molar-refractivity contribution >= 4 is 32.4 Å². The molecule has 0 bridgehead atoms. The van der Waals surface area contributed by atoms with E-state index in [0.717, 1.165) is 15.8 Å². The van der Waals surface area contributed by atoms with E-state index in [1.54, 1.807) is 12.0 Å². The van der Waals surface area contributed by atoms with Crippen molar-refractivity contribution in [2.45, 2.75) is 4.90 Å². The standard InChI is InChI=1S/C10H20N4O4S2/c1-13(2)20(16,17)8-9(11)12-19-10(8)14(4-6-15)5-7-18-3/h15H,4-7H2,1-3H3,(H2,11,12). The van der Waals surface area contributed by atoms with Crippen LogP contribution < -0.4 is 10.6 Å². The number of aromatic nitrogens is 1. The van der Waals surface area contributed by atoms with Gasteiger partial charge in [-0.2, -0.15) is 4.37 Å². The molecule has 8 nitrogen and oxygen atoms in total. The number of hydrogen-bond donors (Lipinski definition) is 2. The van der Waals surface area contributed by atoms with Crippen molar-refractivity contribution in [3.8, 4) is 0 Å². The maximum Gasteiger partial charge on any atom is 0.249 e. The van der Waals surface area contributed by atoms with Crippen molar-refractivity contribution in [3.05, 3.63) is 0 Å². The van der Waals surface area contributed by atoms with E-state index >= 15 is 0 Å². The Morgan fingerprint density at radius 2 is 2.05 bits per heavy atom. The van der Waals surface area contributed by atoms with Crippen LogP contribution in [0.15, 0.2) is 4.90 Å². The Balaban J connectivity index is 3.24. The fourth-order valence-electron chi connectivity index (χ4n) is 1.55. The van der Waals surface area contributed by atoms with E-state index < -0.39 is 10.0 Å². The lowest BCUT2D eigenvalue weighted by Crippen LogP contribution is -2.32. The van der Waals surface area contributed by atoms with Crippen LogP contribution in [0.3, 0.4) is 0 Å². The largest absolute Gasteiger partial charge is 0.395 e. The van der Waals surface area contributed by atoms with Crippen molar-refractivity contribution in [2.24, 2.45) is 0 Å². The minimum absolute atomic E-state index is 0.0166. The first kappa shape index (κ1) is 17.1. The topological polar surface area (TPSA) is 109 Å². The quantitative estimate of drug-likeness (QED) is 0.658. The summed E-state index contributed by atoms with van der Waals surface area (Å²) in [6.07, 6.45) is 0. The first-order valence-corrected chi connectivity index (χ1v) is 8.10. The van der Waals surface area contributed by atoms with Gasteiger partial charge in [-0.1, -0.05) is 0 Å². The van der Waals surface area contributed by atoms with Gasteiger partial charge in [0.25, 0.3) is 0 Å². The number of rotatable bonds is 8. The van der Waals surface area contributed by atoms with Gasteiger partial charge in [0.2, 0.25) is 10.0 Å². The summed E-state index contributed by atoms with van der Waals surface area (Å²) in [5.74, 6) is -0.0287. The molecule has 116 valence electrons. The van der Waals surface area contributed by atoms with Gasteiger partial charge >= 0.3 is 0 Å². The van der Waals surface area contributed by atoms with Crippen molar-refractivity contribution in [2.75, 3.05) is 58.1 Å². The highest BCUT2D eigenvalue weighted by atomic mass is 32.2. The summed E-state index contributed by atoms with van der Waals surface area (Å²) in [5, 5.41) is 9.54. The second-order valence-corrected chi connectivity index (χ2v) is 7.03. The molecule has 0 aromatic carbocycles. The van der Waals surface area contributed by atoms with Gasteiger partial charge in [0.15, 0.2) is 10.7 Å². The molecule has 1 heterocycles. The number of nitrogens with two attached hydrogens (primary N) is 1. The number of sulfonamides is 1. The van der Waals surface area contributed by atoms with Crippen LogP contribution in [0.2, 0.25) is 0 Å². The van der Waals surface area contributed by atoms with Crippen LogP contribution in [0, 0.1) is 0 Å². The van der Waals surface area contributed by atoms with Gasteiger partial charge in [-0.05, 0) is 11.5 Å². The number of hydrogen-bond acceptors (Lipinski definition) is 8. The van der Waals surface area contributed by atoms with Crippen LogP contribution in [-0.4, -0.2) is 69.7 Å². The minimum atomic E-state index is -3.69. The van der Waals surface area contributed by atoms with Gasteiger partial charge in [0.1, 0.15) is 5.00 Å².